The maximum Gasteiger partial charge on any atom is 0.220 e. The van der Waals surface area contributed by atoms with Gasteiger partial charge in [0.05, 0.1) is 6.54 Å². The van der Waals surface area contributed by atoms with E-state index in [4.69, 9.17) is 16.3 Å². The van der Waals surface area contributed by atoms with E-state index in [0.717, 1.165) is 11.1 Å². The van der Waals surface area contributed by atoms with Gasteiger partial charge in [-0.15, -0.1) is 11.6 Å². The number of halogens is 1. The van der Waals surface area contributed by atoms with Gasteiger partial charge in [-0.2, -0.15) is 0 Å². The van der Waals surface area contributed by atoms with Crippen molar-refractivity contribution >= 4 is 28.3 Å². The fourth-order valence-electron chi connectivity index (χ4n) is 1.93. The van der Waals surface area contributed by atoms with Gasteiger partial charge < -0.3 is 10.1 Å². The van der Waals surface area contributed by atoms with E-state index in [9.17, 15) is 4.79 Å². The standard InChI is InChI=1S/C16H18ClNO2/c17-9-3-6-16(19)18-10-11-20-15-8-7-13-4-1-2-5-14(13)12-15/h1-2,4-5,7-8,12H,3,6,9-11H2,(H,18,19). The molecule has 4 heteroatoms. The van der Waals surface area contributed by atoms with Crippen molar-refractivity contribution in [1.29, 1.82) is 0 Å². The van der Waals surface area contributed by atoms with Crippen LogP contribution in [0.15, 0.2) is 42.5 Å². The molecular formula is C16H18ClNO2. The van der Waals surface area contributed by atoms with Crippen LogP contribution < -0.4 is 10.1 Å². The Morgan fingerprint density at radius 2 is 1.95 bits per heavy atom. The predicted molar refractivity (Wildman–Crippen MR) is 82.4 cm³/mol. The highest BCUT2D eigenvalue weighted by atomic mass is 35.5. The number of fused-ring (bicyclic) bond motifs is 1. The van der Waals surface area contributed by atoms with Gasteiger partial charge >= 0.3 is 0 Å². The Morgan fingerprint density at radius 1 is 1.15 bits per heavy atom. The van der Waals surface area contributed by atoms with Gasteiger partial charge in [-0.25, -0.2) is 0 Å². The quantitative estimate of drug-likeness (QED) is 0.627. The lowest BCUT2D eigenvalue weighted by Crippen LogP contribution is -2.27. The van der Waals surface area contributed by atoms with E-state index in [0.29, 0.717) is 31.9 Å². The molecule has 0 atom stereocenters. The molecule has 106 valence electrons. The molecule has 0 fully saturated rings. The monoisotopic (exact) mass is 291 g/mol. The Balaban J connectivity index is 1.77. The lowest BCUT2D eigenvalue weighted by Gasteiger charge is -2.08. The zero-order chi connectivity index (χ0) is 14.2. The molecule has 2 rings (SSSR count). The van der Waals surface area contributed by atoms with Crippen LogP contribution in [0.3, 0.4) is 0 Å². The second kappa shape index (κ2) is 7.75. The molecule has 2 aromatic rings. The lowest BCUT2D eigenvalue weighted by atomic mass is 10.1. The number of rotatable bonds is 7. The first-order chi connectivity index (χ1) is 9.79. The summed E-state index contributed by atoms with van der Waals surface area (Å²) in [5.74, 6) is 1.35. The molecule has 0 radical (unpaired) electrons. The molecule has 1 amide bonds. The first-order valence-electron chi connectivity index (χ1n) is 6.74. The van der Waals surface area contributed by atoms with E-state index in [2.05, 4.69) is 17.4 Å². The molecule has 1 N–H and O–H groups in total. The molecule has 0 aliphatic heterocycles. The van der Waals surface area contributed by atoms with Crippen LogP contribution in [0.1, 0.15) is 12.8 Å². The van der Waals surface area contributed by atoms with E-state index in [1.807, 2.05) is 30.3 Å². The number of alkyl halides is 1. The SMILES string of the molecule is O=C(CCCCl)NCCOc1ccc2ccccc2c1. The van der Waals surface area contributed by atoms with Gasteiger partial charge in [0.2, 0.25) is 5.91 Å². The Bertz CT molecular complexity index is 571. The smallest absolute Gasteiger partial charge is 0.220 e. The van der Waals surface area contributed by atoms with Crippen LogP contribution in [0.2, 0.25) is 0 Å². The van der Waals surface area contributed by atoms with Gasteiger partial charge in [-0.1, -0.05) is 30.3 Å². The summed E-state index contributed by atoms with van der Waals surface area (Å²) in [4.78, 5) is 11.4. The minimum atomic E-state index is 0.0211. The summed E-state index contributed by atoms with van der Waals surface area (Å²) in [5, 5.41) is 5.14. The lowest BCUT2D eigenvalue weighted by molar-refractivity contribution is -0.121. The highest BCUT2D eigenvalue weighted by molar-refractivity contribution is 6.17. The van der Waals surface area contributed by atoms with Gasteiger partial charge in [0, 0.05) is 12.3 Å². The van der Waals surface area contributed by atoms with Crippen molar-refractivity contribution in [3.05, 3.63) is 42.5 Å². The predicted octanol–water partition coefficient (Wildman–Crippen LogP) is 3.35. The van der Waals surface area contributed by atoms with Crippen molar-refractivity contribution in [2.24, 2.45) is 0 Å². The van der Waals surface area contributed by atoms with Gasteiger partial charge in [0.15, 0.2) is 0 Å². The van der Waals surface area contributed by atoms with Gasteiger partial charge in [0.25, 0.3) is 0 Å². The second-order valence-corrected chi connectivity index (χ2v) is 4.88. The molecule has 0 saturated carbocycles. The molecule has 0 aliphatic rings. The van der Waals surface area contributed by atoms with E-state index in [1.54, 1.807) is 0 Å². The highest BCUT2D eigenvalue weighted by Crippen LogP contribution is 2.20. The molecule has 0 aliphatic carbocycles. The van der Waals surface area contributed by atoms with Crippen molar-refractivity contribution in [2.45, 2.75) is 12.8 Å². The van der Waals surface area contributed by atoms with Gasteiger partial charge in [-0.05, 0) is 29.3 Å². The number of benzene rings is 2. The third kappa shape index (κ3) is 4.42. The zero-order valence-electron chi connectivity index (χ0n) is 11.3. The zero-order valence-corrected chi connectivity index (χ0v) is 12.0. The minimum absolute atomic E-state index is 0.0211. The van der Waals surface area contributed by atoms with Crippen LogP contribution in [0.25, 0.3) is 10.8 Å². The average molecular weight is 292 g/mol. The van der Waals surface area contributed by atoms with E-state index in [-0.39, 0.29) is 5.91 Å². The average Bonchev–Trinajstić information content (AvgIpc) is 2.49. The summed E-state index contributed by atoms with van der Waals surface area (Å²) in [6.45, 7) is 0.971. The third-order valence-corrected chi connectivity index (χ3v) is 3.22. The fourth-order valence-corrected chi connectivity index (χ4v) is 2.07. The van der Waals surface area contributed by atoms with Crippen molar-refractivity contribution in [2.75, 3.05) is 19.0 Å². The number of amides is 1. The number of carbonyl (C=O) groups excluding carboxylic acids is 1. The van der Waals surface area contributed by atoms with E-state index >= 15 is 0 Å². The van der Waals surface area contributed by atoms with Crippen molar-refractivity contribution in [3.63, 3.8) is 0 Å². The topological polar surface area (TPSA) is 38.3 Å². The first-order valence-corrected chi connectivity index (χ1v) is 7.27. The number of hydrogen-bond acceptors (Lipinski definition) is 2. The summed E-state index contributed by atoms with van der Waals surface area (Å²) in [5.41, 5.74) is 0. The number of ether oxygens (including phenoxy) is 1. The first kappa shape index (κ1) is 14.7. The molecule has 0 unspecified atom stereocenters. The molecular weight excluding hydrogens is 274 g/mol. The van der Waals surface area contributed by atoms with Crippen LogP contribution in [0.4, 0.5) is 0 Å². The Morgan fingerprint density at radius 3 is 2.75 bits per heavy atom. The van der Waals surface area contributed by atoms with Crippen molar-refractivity contribution in [3.8, 4) is 5.75 Å². The molecule has 0 saturated heterocycles. The Kier molecular flexibility index (Phi) is 5.69. The van der Waals surface area contributed by atoms with Gasteiger partial charge in [0.1, 0.15) is 12.4 Å². The summed E-state index contributed by atoms with van der Waals surface area (Å²) in [7, 11) is 0. The fraction of sp³-hybridized carbons (Fsp3) is 0.312. The van der Waals surface area contributed by atoms with Crippen LogP contribution >= 0.6 is 11.6 Å². The molecule has 2 aromatic carbocycles. The maximum atomic E-state index is 11.4. The molecule has 20 heavy (non-hydrogen) atoms. The van der Waals surface area contributed by atoms with E-state index in [1.165, 1.54) is 5.39 Å². The Hall–Kier alpha value is -1.74. The molecule has 3 nitrogen and oxygen atoms in total. The minimum Gasteiger partial charge on any atom is -0.492 e. The third-order valence-electron chi connectivity index (χ3n) is 2.95. The number of carbonyl (C=O) groups is 1. The normalized spacial score (nSPS) is 10.4. The summed E-state index contributed by atoms with van der Waals surface area (Å²) in [6.07, 6.45) is 1.18. The molecule has 0 aromatic heterocycles. The van der Waals surface area contributed by atoms with Gasteiger partial charge in [-0.3, -0.25) is 4.79 Å². The highest BCUT2D eigenvalue weighted by Gasteiger charge is 2.00. The Labute approximate surface area is 123 Å². The summed E-state index contributed by atoms with van der Waals surface area (Å²) >= 11 is 5.53. The van der Waals surface area contributed by atoms with Crippen LogP contribution in [-0.2, 0) is 4.79 Å². The summed E-state index contributed by atoms with van der Waals surface area (Å²) < 4.78 is 5.63. The molecule has 0 spiro atoms. The van der Waals surface area contributed by atoms with Crippen molar-refractivity contribution < 1.29 is 9.53 Å². The second-order valence-electron chi connectivity index (χ2n) is 4.50. The molecule has 0 heterocycles. The van der Waals surface area contributed by atoms with E-state index < -0.39 is 0 Å². The van der Waals surface area contributed by atoms with Crippen LogP contribution in [0, 0.1) is 0 Å². The summed E-state index contributed by atoms with van der Waals surface area (Å²) in [6, 6.07) is 14.1. The van der Waals surface area contributed by atoms with Crippen LogP contribution in [0.5, 0.6) is 5.75 Å². The largest absolute Gasteiger partial charge is 0.492 e. The molecule has 0 bridgehead atoms. The van der Waals surface area contributed by atoms with Crippen LogP contribution in [-0.4, -0.2) is 24.9 Å². The van der Waals surface area contributed by atoms with Crippen molar-refractivity contribution in [1.82, 2.24) is 5.32 Å². The number of nitrogens with one attached hydrogen (secondary N) is 1. The number of hydrogen-bond donors (Lipinski definition) is 1. The maximum absolute atomic E-state index is 11.4.